The van der Waals surface area contributed by atoms with E-state index >= 15 is 0 Å². The Morgan fingerprint density at radius 3 is 2.48 bits per heavy atom. The molecule has 108 valence electrons. The van der Waals surface area contributed by atoms with Crippen molar-refractivity contribution in [3.8, 4) is 6.07 Å². The summed E-state index contributed by atoms with van der Waals surface area (Å²) in [6.45, 7) is 3.65. The van der Waals surface area contributed by atoms with Crippen LogP contribution in [0.1, 0.15) is 16.7 Å². The maximum Gasteiger partial charge on any atom is 0.262 e. The SMILES string of the molecule is Cc1ccc(S(=O)(=O)Nc2ccc(Br)cc2C#N)c(C)c1. The standard InChI is InChI=1S/C15H13BrN2O2S/c1-10-3-6-15(11(2)7-10)21(19,20)18-14-5-4-13(16)8-12(14)9-17/h3-8,18H,1-2H3. The first-order chi connectivity index (χ1) is 9.83. The van der Waals surface area contributed by atoms with Gasteiger partial charge in [0.15, 0.2) is 0 Å². The molecule has 21 heavy (non-hydrogen) atoms. The molecule has 0 saturated heterocycles. The van der Waals surface area contributed by atoms with Crippen LogP contribution in [0.3, 0.4) is 0 Å². The average Bonchev–Trinajstić information content (AvgIpc) is 2.40. The van der Waals surface area contributed by atoms with Crippen LogP contribution < -0.4 is 4.72 Å². The van der Waals surface area contributed by atoms with E-state index in [4.69, 9.17) is 5.26 Å². The molecule has 0 heterocycles. The van der Waals surface area contributed by atoms with E-state index in [0.29, 0.717) is 10.0 Å². The Labute approximate surface area is 132 Å². The molecule has 0 spiro atoms. The minimum absolute atomic E-state index is 0.208. The minimum atomic E-state index is -3.72. The van der Waals surface area contributed by atoms with E-state index in [0.717, 1.165) is 5.56 Å². The third kappa shape index (κ3) is 3.43. The van der Waals surface area contributed by atoms with Crippen LogP contribution in [0.4, 0.5) is 5.69 Å². The van der Waals surface area contributed by atoms with Crippen LogP contribution in [0, 0.1) is 25.2 Å². The van der Waals surface area contributed by atoms with Gasteiger partial charge in [0, 0.05) is 4.47 Å². The number of nitriles is 1. The van der Waals surface area contributed by atoms with Gasteiger partial charge < -0.3 is 0 Å². The summed E-state index contributed by atoms with van der Waals surface area (Å²) in [5.74, 6) is 0. The van der Waals surface area contributed by atoms with E-state index < -0.39 is 10.0 Å². The van der Waals surface area contributed by atoms with Gasteiger partial charge in [-0.2, -0.15) is 5.26 Å². The molecule has 0 aromatic heterocycles. The first kappa shape index (κ1) is 15.5. The summed E-state index contributed by atoms with van der Waals surface area (Å²) in [5.41, 5.74) is 2.18. The lowest BCUT2D eigenvalue weighted by Gasteiger charge is -2.12. The molecule has 0 aliphatic carbocycles. The second-order valence-electron chi connectivity index (χ2n) is 4.68. The summed E-state index contributed by atoms with van der Waals surface area (Å²) < 4.78 is 28.1. The van der Waals surface area contributed by atoms with Crippen LogP contribution in [0.2, 0.25) is 0 Å². The number of hydrogen-bond acceptors (Lipinski definition) is 3. The Hall–Kier alpha value is -1.84. The summed E-state index contributed by atoms with van der Waals surface area (Å²) in [6, 6.07) is 11.9. The van der Waals surface area contributed by atoms with Crippen molar-refractivity contribution >= 4 is 31.6 Å². The van der Waals surface area contributed by atoms with E-state index in [-0.39, 0.29) is 16.1 Å². The van der Waals surface area contributed by atoms with Crippen molar-refractivity contribution in [2.24, 2.45) is 0 Å². The maximum atomic E-state index is 12.5. The Kier molecular flexibility index (Phi) is 4.35. The van der Waals surface area contributed by atoms with Crippen LogP contribution in [-0.2, 0) is 10.0 Å². The predicted octanol–water partition coefficient (Wildman–Crippen LogP) is 3.74. The molecular weight excluding hydrogens is 352 g/mol. The zero-order valence-electron chi connectivity index (χ0n) is 11.5. The van der Waals surface area contributed by atoms with E-state index in [2.05, 4.69) is 20.7 Å². The Morgan fingerprint density at radius 1 is 1.14 bits per heavy atom. The zero-order valence-corrected chi connectivity index (χ0v) is 13.9. The molecule has 0 bridgehead atoms. The number of nitrogens with one attached hydrogen (secondary N) is 1. The first-order valence-electron chi connectivity index (χ1n) is 6.13. The van der Waals surface area contributed by atoms with Crippen LogP contribution in [0.25, 0.3) is 0 Å². The largest absolute Gasteiger partial charge is 0.278 e. The Morgan fingerprint density at radius 2 is 1.86 bits per heavy atom. The van der Waals surface area contributed by atoms with Crippen molar-refractivity contribution in [1.82, 2.24) is 0 Å². The van der Waals surface area contributed by atoms with Crippen LogP contribution in [0.15, 0.2) is 45.8 Å². The highest BCUT2D eigenvalue weighted by Crippen LogP contribution is 2.24. The second-order valence-corrected chi connectivity index (χ2v) is 7.24. The van der Waals surface area contributed by atoms with Gasteiger partial charge in [0.05, 0.1) is 16.1 Å². The van der Waals surface area contributed by atoms with Gasteiger partial charge in [-0.3, -0.25) is 4.72 Å². The van der Waals surface area contributed by atoms with Gasteiger partial charge in [0.1, 0.15) is 6.07 Å². The Bertz CT molecular complexity index is 839. The molecule has 6 heteroatoms. The van der Waals surface area contributed by atoms with Gasteiger partial charge in [0.25, 0.3) is 10.0 Å². The van der Waals surface area contributed by atoms with Gasteiger partial charge in [-0.15, -0.1) is 0 Å². The summed E-state index contributed by atoms with van der Waals surface area (Å²) in [4.78, 5) is 0.208. The molecule has 0 saturated carbocycles. The molecular formula is C15H13BrN2O2S. The zero-order chi connectivity index (χ0) is 15.6. The lowest BCUT2D eigenvalue weighted by molar-refractivity contribution is 0.600. The number of anilines is 1. The molecule has 0 aliphatic rings. The van der Waals surface area contributed by atoms with Crippen molar-refractivity contribution in [3.05, 3.63) is 57.6 Å². The second kappa shape index (κ2) is 5.88. The average molecular weight is 365 g/mol. The van der Waals surface area contributed by atoms with Gasteiger partial charge in [-0.05, 0) is 43.7 Å². The highest BCUT2D eigenvalue weighted by Gasteiger charge is 2.18. The van der Waals surface area contributed by atoms with Gasteiger partial charge in [0.2, 0.25) is 0 Å². The molecule has 1 N–H and O–H groups in total. The summed E-state index contributed by atoms with van der Waals surface area (Å²) in [5, 5.41) is 9.10. The summed E-state index contributed by atoms with van der Waals surface area (Å²) in [6.07, 6.45) is 0. The normalized spacial score (nSPS) is 11.0. The Balaban J connectivity index is 2.45. The number of benzene rings is 2. The number of sulfonamides is 1. The number of hydrogen-bond donors (Lipinski definition) is 1. The van der Waals surface area contributed by atoms with Crippen molar-refractivity contribution in [1.29, 1.82) is 5.26 Å². The first-order valence-corrected chi connectivity index (χ1v) is 8.41. The van der Waals surface area contributed by atoms with E-state index in [9.17, 15) is 8.42 Å². The van der Waals surface area contributed by atoms with Crippen molar-refractivity contribution in [3.63, 3.8) is 0 Å². The molecule has 0 fully saturated rings. The van der Waals surface area contributed by atoms with Crippen LogP contribution in [-0.4, -0.2) is 8.42 Å². The fourth-order valence-corrected chi connectivity index (χ4v) is 3.67. The topological polar surface area (TPSA) is 70.0 Å². The molecule has 2 rings (SSSR count). The fourth-order valence-electron chi connectivity index (χ4n) is 2.00. The number of aryl methyl sites for hydroxylation is 2. The lowest BCUT2D eigenvalue weighted by Crippen LogP contribution is -2.15. The molecule has 0 aliphatic heterocycles. The smallest absolute Gasteiger partial charge is 0.262 e. The van der Waals surface area contributed by atoms with Crippen molar-refractivity contribution < 1.29 is 8.42 Å². The third-order valence-electron chi connectivity index (χ3n) is 2.97. The molecule has 2 aromatic rings. The van der Waals surface area contributed by atoms with E-state index in [1.54, 1.807) is 43.3 Å². The predicted molar refractivity (Wildman–Crippen MR) is 85.6 cm³/mol. The minimum Gasteiger partial charge on any atom is -0.278 e. The summed E-state index contributed by atoms with van der Waals surface area (Å²) >= 11 is 3.25. The number of halogens is 1. The monoisotopic (exact) mass is 364 g/mol. The van der Waals surface area contributed by atoms with E-state index in [1.165, 1.54) is 0 Å². The molecule has 0 unspecified atom stereocenters. The molecule has 0 radical (unpaired) electrons. The number of nitrogens with zero attached hydrogens (tertiary/aromatic N) is 1. The van der Waals surface area contributed by atoms with Crippen molar-refractivity contribution in [2.45, 2.75) is 18.7 Å². The lowest BCUT2D eigenvalue weighted by atomic mass is 10.2. The molecule has 4 nitrogen and oxygen atoms in total. The van der Waals surface area contributed by atoms with Crippen LogP contribution in [0.5, 0.6) is 0 Å². The van der Waals surface area contributed by atoms with Gasteiger partial charge in [-0.25, -0.2) is 8.42 Å². The quantitative estimate of drug-likeness (QED) is 0.901. The molecule has 0 amide bonds. The summed E-state index contributed by atoms with van der Waals surface area (Å²) in [7, 11) is -3.72. The number of rotatable bonds is 3. The third-order valence-corrected chi connectivity index (χ3v) is 4.99. The highest BCUT2D eigenvalue weighted by atomic mass is 79.9. The molecule has 2 aromatic carbocycles. The van der Waals surface area contributed by atoms with Gasteiger partial charge >= 0.3 is 0 Å². The van der Waals surface area contributed by atoms with Gasteiger partial charge in [-0.1, -0.05) is 33.6 Å². The maximum absolute atomic E-state index is 12.5. The molecule has 0 atom stereocenters. The van der Waals surface area contributed by atoms with E-state index in [1.807, 2.05) is 13.0 Å². The fraction of sp³-hybridized carbons (Fsp3) is 0.133. The van der Waals surface area contributed by atoms with Crippen molar-refractivity contribution in [2.75, 3.05) is 4.72 Å². The highest BCUT2D eigenvalue weighted by molar-refractivity contribution is 9.10. The van der Waals surface area contributed by atoms with Crippen LogP contribution >= 0.6 is 15.9 Å².